The second-order valence-electron chi connectivity index (χ2n) is 7.99. The Morgan fingerprint density at radius 3 is 2.53 bits per heavy atom. The number of hydrogen-bond donors (Lipinski definition) is 1. The van der Waals surface area contributed by atoms with Crippen molar-refractivity contribution in [3.63, 3.8) is 0 Å². The van der Waals surface area contributed by atoms with Gasteiger partial charge in [-0.2, -0.15) is 0 Å². The van der Waals surface area contributed by atoms with E-state index in [0.717, 1.165) is 15.9 Å². The maximum atomic E-state index is 13.2. The van der Waals surface area contributed by atoms with E-state index in [1.54, 1.807) is 11.6 Å². The van der Waals surface area contributed by atoms with E-state index in [9.17, 15) is 9.00 Å². The molecular formula is C21H22N4O2S2Sn. The Morgan fingerprint density at radius 1 is 1.17 bits per heavy atom. The third-order valence-corrected chi connectivity index (χ3v) is 12.5. The molecule has 0 aliphatic rings. The van der Waals surface area contributed by atoms with E-state index >= 15 is 0 Å². The summed E-state index contributed by atoms with van der Waals surface area (Å²) in [5.41, 5.74) is 1.84. The first-order valence-electron chi connectivity index (χ1n) is 9.47. The van der Waals surface area contributed by atoms with E-state index in [-0.39, 0.29) is 5.91 Å². The van der Waals surface area contributed by atoms with Gasteiger partial charge < -0.3 is 0 Å². The Hall–Kier alpha value is -2.04. The van der Waals surface area contributed by atoms with Crippen molar-refractivity contribution in [2.45, 2.75) is 26.6 Å². The number of rotatable bonds is 5. The van der Waals surface area contributed by atoms with E-state index in [0.29, 0.717) is 16.3 Å². The molecule has 2 aromatic heterocycles. The number of aromatic nitrogens is 3. The molecule has 1 unspecified atom stereocenters. The van der Waals surface area contributed by atoms with Crippen LogP contribution in [0.2, 0.25) is 14.8 Å². The van der Waals surface area contributed by atoms with E-state index in [2.05, 4.69) is 36.3 Å². The van der Waals surface area contributed by atoms with Crippen LogP contribution in [-0.4, -0.2) is 42.7 Å². The summed E-state index contributed by atoms with van der Waals surface area (Å²) < 4.78 is 15.9. The molecule has 1 N–H and O–H groups in total. The minimum atomic E-state index is -2.52. The van der Waals surface area contributed by atoms with Gasteiger partial charge in [0.2, 0.25) is 0 Å². The summed E-state index contributed by atoms with van der Waals surface area (Å²) in [6, 6.07) is 13.4. The standard InChI is InChI=1S/C18H13N4O2S2.3CH3.Sn/c1-12-20-16(11-25-12)18(23)21-15-8-5-9-17-14(15)10-19-22(17)26(24)13-6-3-2-4-7-13;;;;/h2-4,6-11H,1H3,(H,21,23);3*1H3;. The summed E-state index contributed by atoms with van der Waals surface area (Å²) >= 11 is -1.08. The topological polar surface area (TPSA) is 76.9 Å². The molecule has 4 rings (SSSR count). The van der Waals surface area contributed by atoms with Crippen molar-refractivity contribution < 1.29 is 9.00 Å². The van der Waals surface area contributed by atoms with Gasteiger partial charge in [0.15, 0.2) is 0 Å². The molecule has 0 saturated carbocycles. The molecular weight excluding hydrogens is 523 g/mol. The van der Waals surface area contributed by atoms with E-state index in [1.807, 2.05) is 43.3 Å². The van der Waals surface area contributed by atoms with Crippen molar-refractivity contribution in [2.24, 2.45) is 0 Å². The Bertz CT molecular complexity index is 1260. The fourth-order valence-electron chi connectivity index (χ4n) is 3.06. The molecule has 2 aromatic carbocycles. The number of benzene rings is 2. The Balaban J connectivity index is 1.83. The van der Waals surface area contributed by atoms with Crippen LogP contribution < -0.4 is 8.90 Å². The molecule has 1 atom stereocenters. The molecule has 0 aliphatic heterocycles. The molecule has 4 aromatic rings. The summed E-state index contributed by atoms with van der Waals surface area (Å²) in [5.74, 6) is -0.251. The molecule has 154 valence electrons. The molecule has 9 heteroatoms. The number of aryl methyl sites for hydroxylation is 1. The van der Waals surface area contributed by atoms with E-state index in [1.165, 1.54) is 19.0 Å². The number of amides is 1. The number of nitrogens with one attached hydrogen (secondary N) is 1. The number of carbonyl (C=O) groups is 1. The van der Waals surface area contributed by atoms with Crippen molar-refractivity contribution in [2.75, 3.05) is 5.32 Å². The molecule has 0 bridgehead atoms. The van der Waals surface area contributed by atoms with Crippen LogP contribution in [0.3, 0.4) is 0 Å². The van der Waals surface area contributed by atoms with Gasteiger partial charge in [0.1, 0.15) is 0 Å². The molecule has 2 heterocycles. The zero-order chi connectivity index (χ0) is 21.5. The quantitative estimate of drug-likeness (QED) is 0.382. The first-order valence-corrected chi connectivity index (χ1v) is 21.4. The number of fused-ring (bicyclic) bond motifs is 1. The predicted octanol–water partition coefficient (Wildman–Crippen LogP) is 4.17. The van der Waals surface area contributed by atoms with Crippen LogP contribution in [0.15, 0.2) is 58.9 Å². The van der Waals surface area contributed by atoms with Crippen molar-refractivity contribution in [1.82, 2.24) is 14.2 Å². The molecule has 6 nitrogen and oxygen atoms in total. The van der Waals surface area contributed by atoms with Crippen molar-refractivity contribution in [1.29, 1.82) is 0 Å². The van der Waals surface area contributed by atoms with Crippen molar-refractivity contribution >= 4 is 66.8 Å². The van der Waals surface area contributed by atoms with E-state index in [4.69, 9.17) is 0 Å². The van der Waals surface area contributed by atoms with Gasteiger partial charge in [-0.1, -0.05) is 0 Å². The van der Waals surface area contributed by atoms with Gasteiger partial charge in [0, 0.05) is 0 Å². The molecule has 0 aliphatic carbocycles. The van der Waals surface area contributed by atoms with Crippen LogP contribution in [-0.2, 0) is 11.0 Å². The van der Waals surface area contributed by atoms with Gasteiger partial charge in [-0.3, -0.25) is 0 Å². The zero-order valence-electron chi connectivity index (χ0n) is 17.2. The van der Waals surface area contributed by atoms with Crippen molar-refractivity contribution in [3.8, 4) is 0 Å². The van der Waals surface area contributed by atoms with E-state index < -0.39 is 29.4 Å². The van der Waals surface area contributed by atoms with Crippen LogP contribution in [0.5, 0.6) is 0 Å². The first-order chi connectivity index (χ1) is 14.2. The average Bonchev–Trinajstić information content (AvgIpc) is 3.34. The van der Waals surface area contributed by atoms with Gasteiger partial charge >= 0.3 is 187 Å². The molecule has 0 radical (unpaired) electrons. The first kappa shape index (κ1) is 21.2. The average molecular weight is 545 g/mol. The molecule has 0 fully saturated rings. The summed E-state index contributed by atoms with van der Waals surface area (Å²) in [6.45, 7) is 1.87. The zero-order valence-corrected chi connectivity index (χ0v) is 21.7. The third-order valence-electron chi connectivity index (χ3n) is 4.72. The van der Waals surface area contributed by atoms with Gasteiger partial charge in [0.25, 0.3) is 0 Å². The van der Waals surface area contributed by atoms with Gasteiger partial charge in [-0.15, -0.1) is 0 Å². The van der Waals surface area contributed by atoms with Crippen LogP contribution in [0.4, 0.5) is 5.69 Å². The molecule has 30 heavy (non-hydrogen) atoms. The second-order valence-corrected chi connectivity index (χ2v) is 24.9. The summed E-state index contributed by atoms with van der Waals surface area (Å²) in [7, 11) is -1.47. The molecule has 1 amide bonds. The fourth-order valence-corrected chi connectivity index (χ4v) is 7.98. The Kier molecular flexibility index (Phi) is 5.82. The van der Waals surface area contributed by atoms with Gasteiger partial charge in [-0.25, -0.2) is 0 Å². The third kappa shape index (κ3) is 4.21. The normalized spacial score (nSPS) is 12.8. The van der Waals surface area contributed by atoms with Gasteiger partial charge in [0.05, 0.1) is 0 Å². The van der Waals surface area contributed by atoms with Crippen LogP contribution in [0.1, 0.15) is 15.5 Å². The molecule has 0 spiro atoms. The van der Waals surface area contributed by atoms with Crippen molar-refractivity contribution in [3.05, 3.63) is 64.7 Å². The second kappa shape index (κ2) is 8.24. The maximum absolute atomic E-state index is 13.2. The summed E-state index contributed by atoms with van der Waals surface area (Å²) in [6.07, 6.45) is 1.67. The van der Waals surface area contributed by atoms with Crippen LogP contribution in [0, 0.1) is 6.92 Å². The number of nitrogens with zero attached hydrogens (tertiary/aromatic N) is 3. The number of anilines is 1. The van der Waals surface area contributed by atoms with Crippen LogP contribution in [0.25, 0.3) is 10.9 Å². The SMILES string of the molecule is Cc1nc(C(=O)Nc2c[c]([Sn]([CH3])([CH3])[CH3])cc3c2cnn3S(=O)c2ccccc2)cs1. The monoisotopic (exact) mass is 546 g/mol. The fraction of sp³-hybridized carbons (Fsp3) is 0.190. The number of thiazole rings is 1. The van der Waals surface area contributed by atoms with Gasteiger partial charge in [-0.05, 0) is 0 Å². The van der Waals surface area contributed by atoms with Crippen LogP contribution >= 0.6 is 11.3 Å². The minimum absolute atomic E-state index is 0.251. The number of hydrogen-bond acceptors (Lipinski definition) is 5. The molecule has 0 saturated heterocycles. The summed E-state index contributed by atoms with van der Waals surface area (Å²) in [4.78, 5) is 24.6. The summed E-state index contributed by atoms with van der Waals surface area (Å²) in [5, 5.41) is 10.8. The Labute approximate surface area is 185 Å². The predicted molar refractivity (Wildman–Crippen MR) is 126 cm³/mol. The number of carbonyl (C=O) groups excluding carboxylic acids is 1. The Morgan fingerprint density at radius 2 is 1.90 bits per heavy atom.